The van der Waals surface area contributed by atoms with Gasteiger partial charge in [0.15, 0.2) is 0 Å². The van der Waals surface area contributed by atoms with E-state index in [-0.39, 0.29) is 31.4 Å². The summed E-state index contributed by atoms with van der Waals surface area (Å²) in [5.74, 6) is -0.739. The number of nitrogens with one attached hydrogen (secondary N) is 2. The van der Waals surface area contributed by atoms with Gasteiger partial charge in [-0.3, -0.25) is 9.59 Å². The Kier molecular flexibility index (Phi) is 21.2. The van der Waals surface area contributed by atoms with Crippen LogP contribution in [0, 0.1) is 5.92 Å². The molecule has 1 atom stereocenters. The molecule has 0 spiro atoms. The van der Waals surface area contributed by atoms with Crippen molar-refractivity contribution in [1.82, 2.24) is 10.6 Å². The van der Waals surface area contributed by atoms with E-state index in [4.69, 9.17) is 10.2 Å². The van der Waals surface area contributed by atoms with Gasteiger partial charge >= 0.3 is 0 Å². The Balaban J connectivity index is 4.27. The van der Waals surface area contributed by atoms with Crippen molar-refractivity contribution in [2.75, 3.05) is 26.3 Å². The number of carbonyl (C=O) groups is 2. The van der Waals surface area contributed by atoms with Crippen molar-refractivity contribution >= 4 is 11.8 Å². The number of rotatable bonds is 21. The first-order valence-corrected chi connectivity index (χ1v) is 12.1. The highest BCUT2D eigenvalue weighted by atomic mass is 16.3. The van der Waals surface area contributed by atoms with E-state index in [1.165, 1.54) is 44.9 Å². The number of unbranched alkanes of at least 4 members (excludes halogenated alkanes) is 10. The largest absolute Gasteiger partial charge is 0.396 e. The lowest BCUT2D eigenvalue weighted by Gasteiger charge is -2.13. The molecule has 0 radical (unpaired) electrons. The highest BCUT2D eigenvalue weighted by molar-refractivity contribution is 5.87. The SMILES string of the molecule is CCCCCCCCCC/C=C/C(CC(=O)NCCCCO)C(=O)NCCCCO. The van der Waals surface area contributed by atoms with Crippen molar-refractivity contribution in [3.05, 3.63) is 12.2 Å². The maximum atomic E-state index is 12.5. The molecule has 0 aliphatic rings. The summed E-state index contributed by atoms with van der Waals surface area (Å²) in [6.45, 7) is 3.51. The van der Waals surface area contributed by atoms with Crippen molar-refractivity contribution in [3.63, 3.8) is 0 Å². The molecule has 4 N–H and O–H groups in total. The molecule has 0 aromatic carbocycles. The van der Waals surface area contributed by atoms with E-state index in [0.29, 0.717) is 25.9 Å². The topological polar surface area (TPSA) is 98.7 Å². The van der Waals surface area contributed by atoms with Gasteiger partial charge in [-0.25, -0.2) is 0 Å². The predicted octanol–water partition coefficient (Wildman–Crippen LogP) is 3.86. The van der Waals surface area contributed by atoms with Crippen molar-refractivity contribution < 1.29 is 19.8 Å². The summed E-state index contributed by atoms with van der Waals surface area (Å²) in [6.07, 6.45) is 17.9. The van der Waals surface area contributed by atoms with Crippen LogP contribution in [-0.4, -0.2) is 48.3 Å². The smallest absolute Gasteiger partial charge is 0.227 e. The highest BCUT2D eigenvalue weighted by Gasteiger charge is 2.18. The van der Waals surface area contributed by atoms with Crippen molar-refractivity contribution in [2.24, 2.45) is 5.92 Å². The molecule has 0 rings (SSSR count). The first-order chi connectivity index (χ1) is 14.7. The lowest BCUT2D eigenvalue weighted by Crippen LogP contribution is -2.35. The Morgan fingerprint density at radius 2 is 1.33 bits per heavy atom. The molecule has 2 amide bonds. The third kappa shape index (κ3) is 18.6. The minimum absolute atomic E-state index is 0.119. The van der Waals surface area contributed by atoms with Crippen molar-refractivity contribution in [1.29, 1.82) is 0 Å². The summed E-state index contributed by atoms with van der Waals surface area (Å²) < 4.78 is 0. The molecule has 0 bridgehead atoms. The number of hydrogen-bond donors (Lipinski definition) is 4. The third-order valence-electron chi connectivity index (χ3n) is 5.13. The number of aliphatic hydroxyl groups is 2. The van der Waals surface area contributed by atoms with Crippen LogP contribution in [0.2, 0.25) is 0 Å². The third-order valence-corrected chi connectivity index (χ3v) is 5.13. The summed E-state index contributed by atoms with van der Waals surface area (Å²) >= 11 is 0. The fourth-order valence-electron chi connectivity index (χ4n) is 3.22. The Hall–Kier alpha value is -1.40. The minimum atomic E-state index is -0.467. The summed E-state index contributed by atoms with van der Waals surface area (Å²) in [7, 11) is 0. The summed E-state index contributed by atoms with van der Waals surface area (Å²) in [4.78, 5) is 24.6. The van der Waals surface area contributed by atoms with Gasteiger partial charge in [0, 0.05) is 32.7 Å². The van der Waals surface area contributed by atoms with Gasteiger partial charge in [-0.1, -0.05) is 64.0 Å². The molecule has 0 aliphatic heterocycles. The summed E-state index contributed by atoms with van der Waals surface area (Å²) in [6, 6.07) is 0. The Morgan fingerprint density at radius 3 is 1.93 bits per heavy atom. The molecule has 0 heterocycles. The number of amides is 2. The van der Waals surface area contributed by atoms with E-state index in [0.717, 1.165) is 25.7 Å². The maximum Gasteiger partial charge on any atom is 0.227 e. The molecule has 0 saturated carbocycles. The molecular formula is C24H46N2O4. The van der Waals surface area contributed by atoms with Crippen LogP contribution in [-0.2, 0) is 9.59 Å². The number of aliphatic hydroxyl groups excluding tert-OH is 2. The van der Waals surface area contributed by atoms with Crippen LogP contribution >= 0.6 is 0 Å². The molecule has 0 saturated heterocycles. The molecule has 30 heavy (non-hydrogen) atoms. The van der Waals surface area contributed by atoms with E-state index in [1.807, 2.05) is 12.2 Å². The van der Waals surface area contributed by atoms with Gasteiger partial charge in [-0.2, -0.15) is 0 Å². The summed E-state index contributed by atoms with van der Waals surface area (Å²) in [5.41, 5.74) is 0. The predicted molar refractivity (Wildman–Crippen MR) is 123 cm³/mol. The quantitative estimate of drug-likeness (QED) is 0.165. The van der Waals surface area contributed by atoms with Gasteiger partial charge in [-0.15, -0.1) is 0 Å². The van der Waals surface area contributed by atoms with E-state index in [9.17, 15) is 9.59 Å². The fraction of sp³-hybridized carbons (Fsp3) is 0.833. The lowest BCUT2D eigenvalue weighted by atomic mass is 10.0. The van der Waals surface area contributed by atoms with Crippen LogP contribution in [0.25, 0.3) is 0 Å². The molecule has 0 aliphatic carbocycles. The van der Waals surface area contributed by atoms with Gasteiger partial charge < -0.3 is 20.8 Å². The molecule has 176 valence electrons. The Bertz CT molecular complexity index is 441. The molecule has 0 fully saturated rings. The van der Waals surface area contributed by atoms with E-state index in [2.05, 4.69) is 17.6 Å². The van der Waals surface area contributed by atoms with Gasteiger partial charge in [0.1, 0.15) is 0 Å². The van der Waals surface area contributed by atoms with Gasteiger partial charge in [0.25, 0.3) is 0 Å². The molecule has 0 aromatic rings. The van der Waals surface area contributed by atoms with E-state index in [1.54, 1.807) is 0 Å². The van der Waals surface area contributed by atoms with Crippen LogP contribution < -0.4 is 10.6 Å². The average molecular weight is 427 g/mol. The first-order valence-electron chi connectivity index (χ1n) is 12.1. The zero-order valence-corrected chi connectivity index (χ0v) is 19.2. The van der Waals surface area contributed by atoms with Crippen LogP contribution in [0.15, 0.2) is 12.2 Å². The van der Waals surface area contributed by atoms with Crippen LogP contribution in [0.1, 0.15) is 96.8 Å². The number of hydrogen-bond acceptors (Lipinski definition) is 4. The van der Waals surface area contributed by atoms with Crippen molar-refractivity contribution in [2.45, 2.75) is 96.8 Å². The Morgan fingerprint density at radius 1 is 0.767 bits per heavy atom. The zero-order chi connectivity index (χ0) is 22.3. The maximum absolute atomic E-state index is 12.5. The Labute approximate surface area is 183 Å². The zero-order valence-electron chi connectivity index (χ0n) is 19.2. The molecule has 6 nitrogen and oxygen atoms in total. The molecule has 0 aromatic heterocycles. The second-order valence-electron chi connectivity index (χ2n) is 8.00. The lowest BCUT2D eigenvalue weighted by molar-refractivity contribution is -0.128. The van der Waals surface area contributed by atoms with Gasteiger partial charge in [0.05, 0.1) is 5.92 Å². The second-order valence-corrected chi connectivity index (χ2v) is 8.00. The molecule has 1 unspecified atom stereocenters. The minimum Gasteiger partial charge on any atom is -0.396 e. The van der Waals surface area contributed by atoms with Gasteiger partial charge in [0.2, 0.25) is 11.8 Å². The van der Waals surface area contributed by atoms with Crippen LogP contribution in [0.5, 0.6) is 0 Å². The molecule has 6 heteroatoms. The van der Waals surface area contributed by atoms with E-state index >= 15 is 0 Å². The normalized spacial score (nSPS) is 12.2. The summed E-state index contributed by atoms with van der Waals surface area (Å²) in [5, 5.41) is 23.3. The van der Waals surface area contributed by atoms with Crippen molar-refractivity contribution in [3.8, 4) is 0 Å². The number of allylic oxidation sites excluding steroid dienone is 1. The average Bonchev–Trinajstić information content (AvgIpc) is 2.74. The highest BCUT2D eigenvalue weighted by Crippen LogP contribution is 2.12. The standard InChI is InChI=1S/C24H46N2O4/c1-2-3-4-5-6-7-8-9-10-11-16-22(24(30)26-18-13-15-20-28)21-23(29)25-17-12-14-19-27/h11,16,22,27-28H,2-10,12-15,17-21H2,1H3,(H,25,29)(H,26,30)/b16-11+. The number of carbonyl (C=O) groups excluding carboxylic acids is 2. The first kappa shape index (κ1) is 28.6. The monoisotopic (exact) mass is 426 g/mol. The second kappa shape index (κ2) is 22.3. The van der Waals surface area contributed by atoms with E-state index < -0.39 is 5.92 Å². The fourth-order valence-corrected chi connectivity index (χ4v) is 3.22. The molecular weight excluding hydrogens is 380 g/mol. The van der Waals surface area contributed by atoms with Crippen LogP contribution in [0.3, 0.4) is 0 Å². The van der Waals surface area contributed by atoms with Gasteiger partial charge in [-0.05, 0) is 38.5 Å². The van der Waals surface area contributed by atoms with Crippen LogP contribution in [0.4, 0.5) is 0 Å².